The molecule has 8 rings (SSSR count). The first kappa shape index (κ1) is 94.3. The largest absolute Gasteiger partial charge is 0.378 e. The van der Waals surface area contributed by atoms with Crippen molar-refractivity contribution in [2.45, 2.75) is 175 Å². The molecular formula is C66H140N8O4S3. The van der Waals surface area contributed by atoms with E-state index in [2.05, 4.69) is 117 Å². The Balaban J connectivity index is -0.000000121. The van der Waals surface area contributed by atoms with Gasteiger partial charge in [-0.2, -0.15) is 11.8 Å². The van der Waals surface area contributed by atoms with E-state index in [1.807, 2.05) is 165 Å². The van der Waals surface area contributed by atoms with E-state index in [1.54, 1.807) is 0 Å². The Labute approximate surface area is 517 Å². The lowest BCUT2D eigenvalue weighted by atomic mass is 10.1. The summed E-state index contributed by atoms with van der Waals surface area (Å²) in [6.07, 6.45) is 12.6. The molecule has 0 spiro atoms. The van der Waals surface area contributed by atoms with Crippen LogP contribution in [0.2, 0.25) is 0 Å². The summed E-state index contributed by atoms with van der Waals surface area (Å²) in [5.41, 5.74) is 9.38. The second kappa shape index (κ2) is 67.7. The van der Waals surface area contributed by atoms with E-state index in [-0.39, 0.29) is 11.5 Å². The fourth-order valence-electron chi connectivity index (χ4n) is 6.47. The molecular weight excluding hydrogens is 1060 g/mol. The lowest BCUT2D eigenvalue weighted by Crippen LogP contribution is -2.35. The maximum Gasteiger partial charge on any atom is 0.157 e. The number of rotatable bonds is 0. The lowest BCUT2D eigenvalue weighted by molar-refractivity contribution is 0.0277. The Bertz CT molecular complexity index is 1500. The molecule has 0 aromatic rings. The van der Waals surface area contributed by atoms with Gasteiger partial charge in [0.15, 0.2) is 9.84 Å². The maximum atomic E-state index is 10.9. The Morgan fingerprint density at radius 1 is 0.358 bits per heavy atom. The monoisotopic (exact) mass is 1210 g/mol. The van der Waals surface area contributed by atoms with Crippen molar-refractivity contribution < 1.29 is 17.9 Å². The average Bonchev–Trinajstić information content (AvgIpc) is 4.01. The molecule has 0 aliphatic carbocycles. The molecule has 8 aliphatic heterocycles. The molecule has 8 fully saturated rings. The number of morpholine rings is 1. The second-order valence-corrected chi connectivity index (χ2v) is 22.0. The highest BCUT2D eigenvalue weighted by atomic mass is 32.2. The normalized spacial score (nSPS) is 18.3. The van der Waals surface area contributed by atoms with E-state index in [4.69, 9.17) is 9.47 Å². The molecule has 486 valence electrons. The number of likely N-dealkylation sites (tertiary alicyclic amines) is 3. The van der Waals surface area contributed by atoms with Crippen LogP contribution < -0.4 is 0 Å². The number of likely N-dealkylation sites (N-methyl/N-ethyl adjacent to an activating group) is 1. The van der Waals surface area contributed by atoms with Crippen molar-refractivity contribution in [2.75, 3.05) is 157 Å². The van der Waals surface area contributed by atoms with Gasteiger partial charge in [-0.25, -0.2) is 8.42 Å². The summed E-state index contributed by atoms with van der Waals surface area (Å²) < 4.78 is 32.1. The van der Waals surface area contributed by atoms with Gasteiger partial charge in [0.25, 0.3) is 0 Å². The standard InChI is InChI=1S/C8H15N.C7H13N.C6H11NO2S.2C6H11NO.C6H11NS.C6H11N.C5H9NS.8C2H6/c1-8-6-4-3-5-7-9(8)2;1-7-5-3-4-6-8(7)2;1-6-5-10(8,9)4-3-7(6)2;1-6-5-8-4-3-7(6)2;1-6-3-4-8-5-7(6)2;1-6-5-8-4-3-7(6)2;1-6-4-3-5-7(6)2;1-5-3-7-4-6(5)2;8*1-2/h1,3-7H2,2H3;1,3-6H2,2H3;1,3-5H2,2H3;3*1,3-5H2,2H3;1,3-5H2,2H3;1,3-4H2,2H3;8*1-2H3. The van der Waals surface area contributed by atoms with Gasteiger partial charge in [-0.05, 0) is 51.4 Å². The van der Waals surface area contributed by atoms with Gasteiger partial charge in [-0.15, -0.1) is 11.8 Å². The molecule has 0 N–H and O–H groups in total. The number of allylic oxidation sites excluding steroid dienone is 3. The Morgan fingerprint density at radius 2 is 0.741 bits per heavy atom. The van der Waals surface area contributed by atoms with E-state index in [0.29, 0.717) is 25.6 Å². The Hall–Kier alpha value is -3.11. The lowest BCUT2D eigenvalue weighted by Gasteiger charge is -2.26. The van der Waals surface area contributed by atoms with E-state index in [9.17, 15) is 8.42 Å². The van der Waals surface area contributed by atoms with Crippen molar-refractivity contribution in [1.29, 1.82) is 0 Å². The van der Waals surface area contributed by atoms with Gasteiger partial charge in [0.05, 0.1) is 37.2 Å². The predicted molar refractivity (Wildman–Crippen MR) is 376 cm³/mol. The second-order valence-electron chi connectivity index (χ2n) is 17.8. The van der Waals surface area contributed by atoms with Crippen LogP contribution in [-0.2, 0) is 19.3 Å². The summed E-state index contributed by atoms with van der Waals surface area (Å²) in [6.45, 7) is 72.2. The van der Waals surface area contributed by atoms with E-state index in [0.717, 1.165) is 49.3 Å². The molecule has 8 aliphatic rings. The van der Waals surface area contributed by atoms with E-state index < -0.39 is 9.84 Å². The van der Waals surface area contributed by atoms with Crippen molar-refractivity contribution in [3.63, 3.8) is 0 Å². The smallest absolute Gasteiger partial charge is 0.157 e. The zero-order valence-electron chi connectivity index (χ0n) is 58.5. The molecule has 15 heteroatoms. The molecule has 0 atom stereocenters. The van der Waals surface area contributed by atoms with Crippen molar-refractivity contribution in [3.8, 4) is 0 Å². The highest BCUT2D eigenvalue weighted by molar-refractivity contribution is 7.99. The van der Waals surface area contributed by atoms with Crippen LogP contribution >= 0.6 is 23.5 Å². The summed E-state index contributed by atoms with van der Waals surface area (Å²) in [6, 6.07) is 0. The zero-order valence-corrected chi connectivity index (χ0v) is 60.9. The number of hydrogen-bond acceptors (Lipinski definition) is 14. The van der Waals surface area contributed by atoms with Crippen LogP contribution in [0.4, 0.5) is 0 Å². The minimum atomic E-state index is -2.81. The molecule has 12 nitrogen and oxygen atoms in total. The molecule has 0 radical (unpaired) electrons. The Kier molecular flexibility index (Phi) is 78.8. The molecule has 0 saturated carbocycles. The first-order chi connectivity index (χ1) is 38.6. The van der Waals surface area contributed by atoms with Gasteiger partial charge in [-0.3, -0.25) is 0 Å². The highest BCUT2D eigenvalue weighted by Gasteiger charge is 2.21. The number of ether oxygens (including phenoxy) is 2. The minimum Gasteiger partial charge on any atom is -0.378 e. The van der Waals surface area contributed by atoms with Crippen molar-refractivity contribution in [2.24, 2.45) is 0 Å². The summed E-state index contributed by atoms with van der Waals surface area (Å²) in [5.74, 6) is 5.02. The summed E-state index contributed by atoms with van der Waals surface area (Å²) in [4.78, 5) is 17.1. The van der Waals surface area contributed by atoms with Crippen molar-refractivity contribution >= 4 is 33.4 Å². The van der Waals surface area contributed by atoms with Gasteiger partial charge in [0.2, 0.25) is 0 Å². The fourth-order valence-corrected chi connectivity index (χ4v) is 9.90. The summed E-state index contributed by atoms with van der Waals surface area (Å²) in [7, 11) is 13.6. The van der Waals surface area contributed by atoms with Crippen LogP contribution in [0.15, 0.2) is 98.2 Å². The molecule has 0 amide bonds. The number of sulfone groups is 1. The van der Waals surface area contributed by atoms with E-state index >= 15 is 0 Å². The van der Waals surface area contributed by atoms with Gasteiger partial charge >= 0.3 is 0 Å². The summed E-state index contributed by atoms with van der Waals surface area (Å²) >= 11 is 3.88. The molecule has 8 heterocycles. The zero-order chi connectivity index (χ0) is 65.0. The third kappa shape index (κ3) is 55.8. The molecule has 81 heavy (non-hydrogen) atoms. The van der Waals surface area contributed by atoms with Crippen LogP contribution in [0, 0.1) is 0 Å². The number of piperidine rings is 1. The average molecular weight is 1210 g/mol. The third-order valence-corrected chi connectivity index (χ3v) is 15.8. The molecule has 0 aromatic carbocycles. The Morgan fingerprint density at radius 3 is 1.04 bits per heavy atom. The number of nitrogens with zero attached hydrogens (tertiary/aromatic N) is 8. The van der Waals surface area contributed by atoms with Gasteiger partial charge in [-0.1, -0.05) is 170 Å². The van der Waals surface area contributed by atoms with Gasteiger partial charge in [0.1, 0.15) is 6.73 Å². The topological polar surface area (TPSA) is 78.5 Å². The minimum absolute atomic E-state index is 0.128. The van der Waals surface area contributed by atoms with Crippen LogP contribution in [0.3, 0.4) is 0 Å². The number of thioether (sulfide) groups is 2. The van der Waals surface area contributed by atoms with Crippen molar-refractivity contribution in [1.82, 2.24) is 39.2 Å². The summed E-state index contributed by atoms with van der Waals surface area (Å²) in [5, 5.41) is 0. The highest BCUT2D eigenvalue weighted by Crippen LogP contribution is 2.20. The van der Waals surface area contributed by atoms with Gasteiger partial charge in [0, 0.05) is 165 Å². The SMILES string of the molecule is C=C1CCCCCN1C.C=C1CCCCN1C.C=C1CCCN1C.C=C1CCOCN1C.C=C1COCCN1C.C=C1CS(=O)(=O)CCN1C.C=C1CSCCN1C.C=C1CSCN1C.CC.CC.CC.CC.CC.CC.CC.CC. The first-order valence-electron chi connectivity index (χ1n) is 31.3. The molecule has 0 aromatic heterocycles. The van der Waals surface area contributed by atoms with Crippen LogP contribution in [-0.4, -0.2) is 204 Å². The molecule has 0 unspecified atom stereocenters. The van der Waals surface area contributed by atoms with Crippen LogP contribution in [0.25, 0.3) is 0 Å². The van der Waals surface area contributed by atoms with Crippen molar-refractivity contribution in [3.05, 3.63) is 98.2 Å². The van der Waals surface area contributed by atoms with Crippen LogP contribution in [0.1, 0.15) is 175 Å². The maximum absolute atomic E-state index is 10.9. The first-order valence-corrected chi connectivity index (χ1v) is 35.4. The quantitative estimate of drug-likeness (QED) is 0.231. The third-order valence-electron chi connectivity index (χ3n) is 12.1. The number of hydrogen-bond donors (Lipinski definition) is 0. The fraction of sp³-hybridized carbons (Fsp3) is 0.758. The predicted octanol–water partition coefficient (Wildman–Crippen LogP) is 16.5. The molecule has 8 saturated heterocycles. The van der Waals surface area contributed by atoms with E-state index in [1.165, 1.54) is 124 Å². The van der Waals surface area contributed by atoms with Gasteiger partial charge < -0.3 is 48.7 Å². The molecule has 0 bridgehead atoms. The van der Waals surface area contributed by atoms with Crippen LogP contribution in [0.5, 0.6) is 0 Å².